The van der Waals surface area contributed by atoms with Crippen molar-refractivity contribution in [3.63, 3.8) is 0 Å². The number of oxazole rings is 1. The average Bonchev–Trinajstić information content (AvgIpc) is 3.21. The lowest BCUT2D eigenvalue weighted by Gasteiger charge is -2.08. The molecule has 2 N–H and O–H groups in total. The fraction of sp³-hybridized carbons (Fsp3) is 0.238. The maximum Gasteiger partial charge on any atom is 0.240 e. The van der Waals surface area contributed by atoms with Crippen LogP contribution in [-0.2, 0) is 21.2 Å². The van der Waals surface area contributed by atoms with Crippen LogP contribution in [0.3, 0.4) is 0 Å². The number of aryl methyl sites for hydroxylation is 1. The molecule has 29 heavy (non-hydrogen) atoms. The Labute approximate surface area is 170 Å². The van der Waals surface area contributed by atoms with Crippen molar-refractivity contribution in [1.82, 2.24) is 15.0 Å². The van der Waals surface area contributed by atoms with Crippen LogP contribution in [0.4, 0.5) is 0 Å². The van der Waals surface area contributed by atoms with Crippen LogP contribution in [0.2, 0.25) is 0 Å². The van der Waals surface area contributed by atoms with Gasteiger partial charge < -0.3 is 9.73 Å². The monoisotopic (exact) mass is 413 g/mol. The SMILES string of the molecule is O=C(CCCc1ncc(-c2ccccc2)o1)NCCNS(=O)(=O)c1ccccc1. The third-order valence-corrected chi connectivity index (χ3v) is 5.68. The lowest BCUT2D eigenvalue weighted by atomic mass is 10.2. The smallest absolute Gasteiger partial charge is 0.240 e. The molecule has 3 rings (SSSR count). The Morgan fingerprint density at radius 3 is 2.38 bits per heavy atom. The molecule has 2 aromatic carbocycles. The molecular formula is C21H23N3O4S. The minimum Gasteiger partial charge on any atom is -0.441 e. The van der Waals surface area contributed by atoms with E-state index in [1.807, 2.05) is 30.3 Å². The molecule has 0 fully saturated rings. The summed E-state index contributed by atoms with van der Waals surface area (Å²) in [5, 5.41) is 2.71. The molecule has 3 aromatic rings. The molecule has 0 aliphatic carbocycles. The standard InChI is InChI=1S/C21H23N3O4S/c25-20(22-14-15-24-29(26,27)18-10-5-2-6-11-18)12-7-13-21-23-16-19(28-21)17-8-3-1-4-9-17/h1-6,8-11,16,24H,7,12-15H2,(H,22,25). The first-order chi connectivity index (χ1) is 14.0. The van der Waals surface area contributed by atoms with Crippen molar-refractivity contribution in [1.29, 1.82) is 0 Å². The van der Waals surface area contributed by atoms with E-state index >= 15 is 0 Å². The van der Waals surface area contributed by atoms with E-state index in [-0.39, 0.29) is 23.9 Å². The lowest BCUT2D eigenvalue weighted by molar-refractivity contribution is -0.121. The largest absolute Gasteiger partial charge is 0.441 e. The Morgan fingerprint density at radius 1 is 0.966 bits per heavy atom. The molecule has 0 unspecified atom stereocenters. The van der Waals surface area contributed by atoms with Crippen molar-refractivity contribution in [2.45, 2.75) is 24.2 Å². The minimum absolute atomic E-state index is 0.128. The van der Waals surface area contributed by atoms with Crippen molar-refractivity contribution in [3.05, 3.63) is 72.8 Å². The second-order valence-electron chi connectivity index (χ2n) is 6.40. The van der Waals surface area contributed by atoms with Gasteiger partial charge in [0.25, 0.3) is 0 Å². The van der Waals surface area contributed by atoms with Crippen LogP contribution in [0.25, 0.3) is 11.3 Å². The molecule has 7 nitrogen and oxygen atoms in total. The highest BCUT2D eigenvalue weighted by Gasteiger charge is 2.12. The zero-order valence-electron chi connectivity index (χ0n) is 15.9. The summed E-state index contributed by atoms with van der Waals surface area (Å²) in [4.78, 5) is 16.4. The highest BCUT2D eigenvalue weighted by molar-refractivity contribution is 7.89. The van der Waals surface area contributed by atoms with Crippen LogP contribution >= 0.6 is 0 Å². The van der Waals surface area contributed by atoms with Gasteiger partial charge in [-0.15, -0.1) is 0 Å². The highest BCUT2D eigenvalue weighted by Crippen LogP contribution is 2.20. The van der Waals surface area contributed by atoms with Crippen molar-refractivity contribution < 1.29 is 17.6 Å². The van der Waals surface area contributed by atoms with Gasteiger partial charge in [-0.05, 0) is 18.6 Å². The minimum atomic E-state index is -3.55. The Hall–Kier alpha value is -2.97. The van der Waals surface area contributed by atoms with E-state index in [0.29, 0.717) is 30.9 Å². The van der Waals surface area contributed by atoms with Gasteiger partial charge in [0, 0.05) is 31.5 Å². The summed E-state index contributed by atoms with van der Waals surface area (Å²) in [7, 11) is -3.55. The number of carbonyl (C=O) groups is 1. The molecule has 8 heteroatoms. The number of sulfonamides is 1. The molecule has 0 bridgehead atoms. The maximum absolute atomic E-state index is 12.1. The summed E-state index contributed by atoms with van der Waals surface area (Å²) >= 11 is 0. The third-order valence-electron chi connectivity index (χ3n) is 4.20. The predicted molar refractivity (Wildman–Crippen MR) is 110 cm³/mol. The maximum atomic E-state index is 12.1. The van der Waals surface area contributed by atoms with Gasteiger partial charge in [-0.1, -0.05) is 48.5 Å². The van der Waals surface area contributed by atoms with Crippen LogP contribution in [0.5, 0.6) is 0 Å². The van der Waals surface area contributed by atoms with Crippen molar-refractivity contribution in [3.8, 4) is 11.3 Å². The summed E-state index contributed by atoms with van der Waals surface area (Å²) in [6.45, 7) is 0.352. The van der Waals surface area contributed by atoms with E-state index in [1.165, 1.54) is 12.1 Å². The molecular weight excluding hydrogens is 390 g/mol. The van der Waals surface area contributed by atoms with Gasteiger partial charge in [-0.3, -0.25) is 4.79 Å². The van der Waals surface area contributed by atoms with Gasteiger partial charge in [-0.2, -0.15) is 0 Å². The fourth-order valence-corrected chi connectivity index (χ4v) is 3.77. The van der Waals surface area contributed by atoms with E-state index in [2.05, 4.69) is 15.0 Å². The molecule has 0 aliphatic heterocycles. The van der Waals surface area contributed by atoms with Crippen molar-refractivity contribution in [2.75, 3.05) is 13.1 Å². The molecule has 0 saturated carbocycles. The van der Waals surface area contributed by atoms with Gasteiger partial charge in [-0.25, -0.2) is 18.1 Å². The van der Waals surface area contributed by atoms with Crippen molar-refractivity contribution >= 4 is 15.9 Å². The first kappa shape index (κ1) is 20.8. The molecule has 1 amide bonds. The van der Waals surface area contributed by atoms with Crippen LogP contribution in [0, 0.1) is 0 Å². The summed E-state index contributed by atoms with van der Waals surface area (Å²) in [5.41, 5.74) is 0.960. The molecule has 1 aromatic heterocycles. The molecule has 0 aliphatic rings. The molecule has 152 valence electrons. The van der Waals surface area contributed by atoms with Gasteiger partial charge in [0.15, 0.2) is 11.7 Å². The number of amides is 1. The van der Waals surface area contributed by atoms with E-state index in [1.54, 1.807) is 24.4 Å². The Balaban J connectivity index is 1.34. The fourth-order valence-electron chi connectivity index (χ4n) is 2.72. The van der Waals surface area contributed by atoms with E-state index in [0.717, 1.165) is 5.56 Å². The molecule has 0 atom stereocenters. The number of carbonyl (C=O) groups excluding carboxylic acids is 1. The molecule has 0 saturated heterocycles. The average molecular weight is 413 g/mol. The summed E-state index contributed by atoms with van der Waals surface area (Å²) in [6, 6.07) is 17.8. The van der Waals surface area contributed by atoms with Gasteiger partial charge in [0.2, 0.25) is 15.9 Å². The predicted octanol–water partition coefficient (Wildman–Crippen LogP) is 2.76. The Bertz CT molecular complexity index is 1020. The first-order valence-corrected chi connectivity index (χ1v) is 10.8. The second kappa shape index (κ2) is 9.99. The normalized spacial score (nSPS) is 11.3. The number of aromatic nitrogens is 1. The molecule has 0 spiro atoms. The quantitative estimate of drug-likeness (QED) is 0.498. The number of rotatable bonds is 10. The number of hydrogen-bond acceptors (Lipinski definition) is 5. The van der Waals surface area contributed by atoms with Gasteiger partial charge >= 0.3 is 0 Å². The zero-order chi connectivity index (χ0) is 20.5. The van der Waals surface area contributed by atoms with Crippen LogP contribution in [0.1, 0.15) is 18.7 Å². The topological polar surface area (TPSA) is 101 Å². The highest BCUT2D eigenvalue weighted by atomic mass is 32.2. The van der Waals surface area contributed by atoms with Crippen LogP contribution < -0.4 is 10.0 Å². The van der Waals surface area contributed by atoms with E-state index < -0.39 is 10.0 Å². The van der Waals surface area contributed by atoms with Crippen LogP contribution in [-0.4, -0.2) is 32.4 Å². The first-order valence-electron chi connectivity index (χ1n) is 9.36. The number of nitrogens with one attached hydrogen (secondary N) is 2. The summed E-state index contributed by atoms with van der Waals surface area (Å²) in [6.07, 6.45) is 3.15. The second-order valence-corrected chi connectivity index (χ2v) is 8.17. The zero-order valence-corrected chi connectivity index (χ0v) is 16.7. The van der Waals surface area contributed by atoms with Gasteiger partial charge in [0.1, 0.15) is 0 Å². The van der Waals surface area contributed by atoms with E-state index in [9.17, 15) is 13.2 Å². The molecule has 0 radical (unpaired) electrons. The van der Waals surface area contributed by atoms with Gasteiger partial charge in [0.05, 0.1) is 11.1 Å². The van der Waals surface area contributed by atoms with Crippen LogP contribution in [0.15, 0.2) is 76.2 Å². The number of nitrogens with zero attached hydrogens (tertiary/aromatic N) is 1. The summed E-state index contributed by atoms with van der Waals surface area (Å²) < 4.78 is 32.3. The third kappa shape index (κ3) is 6.27. The lowest BCUT2D eigenvalue weighted by Crippen LogP contribution is -2.34. The number of benzene rings is 2. The number of hydrogen-bond donors (Lipinski definition) is 2. The Kier molecular flexibility index (Phi) is 7.15. The molecule has 1 heterocycles. The van der Waals surface area contributed by atoms with Crippen molar-refractivity contribution in [2.24, 2.45) is 0 Å². The summed E-state index contributed by atoms with van der Waals surface area (Å²) in [5.74, 6) is 1.15. The Morgan fingerprint density at radius 2 is 1.66 bits per heavy atom. The van der Waals surface area contributed by atoms with E-state index in [4.69, 9.17) is 4.42 Å².